The summed E-state index contributed by atoms with van der Waals surface area (Å²) < 4.78 is 0. The topological polar surface area (TPSA) is 54.2 Å². The van der Waals surface area contributed by atoms with Crippen LogP contribution in [0.5, 0.6) is 0 Å². The number of nitrogens with one attached hydrogen (secondary N) is 1. The van der Waals surface area contributed by atoms with Crippen LogP contribution in [-0.2, 0) is 12.3 Å². The van der Waals surface area contributed by atoms with Crippen LogP contribution in [0, 0.1) is 0 Å². The van der Waals surface area contributed by atoms with Gasteiger partial charge in [0.05, 0.1) is 5.69 Å². The molecule has 1 heterocycles. The summed E-state index contributed by atoms with van der Waals surface area (Å²) in [6.45, 7) is 1.73. The van der Waals surface area contributed by atoms with Gasteiger partial charge in [-0.1, -0.05) is 0 Å². The van der Waals surface area contributed by atoms with Gasteiger partial charge in [0.2, 0.25) is 0 Å². The zero-order valence-electron chi connectivity index (χ0n) is 10.1. The van der Waals surface area contributed by atoms with Gasteiger partial charge in [-0.3, -0.25) is 0 Å². The minimum Gasteiger partial charge on any atom is -0.376 e. The second kappa shape index (κ2) is 7.86. The third kappa shape index (κ3) is 6.82. The average molecular weight is 290 g/mol. The number of thiazole rings is 1. The van der Waals surface area contributed by atoms with Gasteiger partial charge in [0, 0.05) is 30.0 Å². The van der Waals surface area contributed by atoms with Crippen molar-refractivity contribution in [3.05, 3.63) is 16.1 Å². The molecule has 0 fully saturated rings. The highest BCUT2D eigenvalue weighted by Gasteiger charge is 2.03. The summed E-state index contributed by atoms with van der Waals surface area (Å²) in [5.74, 6) is 1.93. The van der Waals surface area contributed by atoms with Gasteiger partial charge in [0.15, 0.2) is 5.11 Å². The number of thioether (sulfide) groups is 1. The molecule has 0 aliphatic carbocycles. The van der Waals surface area contributed by atoms with Gasteiger partial charge < -0.3 is 16.0 Å². The van der Waals surface area contributed by atoms with Gasteiger partial charge in [-0.05, 0) is 26.3 Å². The lowest BCUT2D eigenvalue weighted by Crippen LogP contribution is -2.30. The number of rotatable bonds is 7. The van der Waals surface area contributed by atoms with E-state index in [4.69, 9.17) is 18.0 Å². The molecule has 1 aromatic rings. The summed E-state index contributed by atoms with van der Waals surface area (Å²) in [4.78, 5) is 6.70. The van der Waals surface area contributed by atoms with Crippen LogP contribution in [0.2, 0.25) is 0 Å². The molecule has 96 valence electrons. The van der Waals surface area contributed by atoms with E-state index in [1.54, 1.807) is 11.3 Å². The largest absolute Gasteiger partial charge is 0.376 e. The van der Waals surface area contributed by atoms with Gasteiger partial charge in [0.25, 0.3) is 0 Å². The highest BCUT2D eigenvalue weighted by atomic mass is 32.2. The van der Waals surface area contributed by atoms with Crippen molar-refractivity contribution < 1.29 is 0 Å². The van der Waals surface area contributed by atoms with Crippen LogP contribution >= 0.6 is 35.3 Å². The Labute approximate surface area is 116 Å². The Hall–Kier alpha value is -0.370. The Morgan fingerprint density at radius 1 is 1.65 bits per heavy atom. The summed E-state index contributed by atoms with van der Waals surface area (Å²) in [5.41, 5.74) is 6.49. The van der Waals surface area contributed by atoms with Crippen molar-refractivity contribution in [2.45, 2.75) is 12.3 Å². The quantitative estimate of drug-likeness (QED) is 0.583. The first-order valence-electron chi connectivity index (χ1n) is 5.27. The number of nitrogens with two attached hydrogens (primary N) is 1. The molecule has 0 atom stereocenters. The van der Waals surface area contributed by atoms with Crippen LogP contribution in [0.4, 0.5) is 0 Å². The minimum absolute atomic E-state index is 0.368. The molecular formula is C10H18N4S3. The molecule has 0 unspecified atom stereocenters. The van der Waals surface area contributed by atoms with Crippen LogP contribution in [-0.4, -0.2) is 41.4 Å². The van der Waals surface area contributed by atoms with E-state index >= 15 is 0 Å². The molecule has 17 heavy (non-hydrogen) atoms. The maximum absolute atomic E-state index is 5.33. The van der Waals surface area contributed by atoms with Gasteiger partial charge in [-0.25, -0.2) is 4.98 Å². The predicted molar refractivity (Wildman–Crippen MR) is 80.5 cm³/mol. The number of hydrogen-bond acceptors (Lipinski definition) is 5. The monoisotopic (exact) mass is 290 g/mol. The SMILES string of the molecule is CN(C)Cc1nc(CSCCNC(N)=S)cs1. The van der Waals surface area contributed by atoms with Crippen LogP contribution in [0.3, 0.4) is 0 Å². The Balaban J connectivity index is 2.18. The molecule has 4 nitrogen and oxygen atoms in total. The van der Waals surface area contributed by atoms with Gasteiger partial charge in [0.1, 0.15) is 5.01 Å². The molecule has 0 saturated carbocycles. The predicted octanol–water partition coefficient (Wildman–Crippen LogP) is 1.27. The Morgan fingerprint density at radius 3 is 3.06 bits per heavy atom. The van der Waals surface area contributed by atoms with Crippen LogP contribution in [0.1, 0.15) is 10.7 Å². The Bertz CT molecular complexity index is 351. The van der Waals surface area contributed by atoms with Crippen LogP contribution < -0.4 is 11.1 Å². The number of nitrogens with zero attached hydrogens (tertiary/aromatic N) is 2. The third-order valence-corrected chi connectivity index (χ3v) is 3.87. The van der Waals surface area contributed by atoms with Gasteiger partial charge >= 0.3 is 0 Å². The summed E-state index contributed by atoms with van der Waals surface area (Å²) >= 11 is 8.28. The van der Waals surface area contributed by atoms with Crippen molar-refractivity contribution in [3.8, 4) is 0 Å². The molecule has 0 aliphatic rings. The summed E-state index contributed by atoms with van der Waals surface area (Å²) in [5, 5.41) is 6.60. The van der Waals surface area contributed by atoms with Crippen molar-refractivity contribution in [1.82, 2.24) is 15.2 Å². The molecule has 7 heteroatoms. The Kier molecular flexibility index (Phi) is 6.79. The van der Waals surface area contributed by atoms with E-state index in [9.17, 15) is 0 Å². The van der Waals surface area contributed by atoms with E-state index in [2.05, 4.69) is 34.7 Å². The van der Waals surface area contributed by atoms with Crippen LogP contribution in [0.25, 0.3) is 0 Å². The van der Waals surface area contributed by atoms with E-state index in [1.807, 2.05) is 11.8 Å². The van der Waals surface area contributed by atoms with Crippen molar-refractivity contribution in [2.24, 2.45) is 5.73 Å². The molecule has 0 spiro atoms. The third-order valence-electron chi connectivity index (χ3n) is 1.85. The first-order valence-corrected chi connectivity index (χ1v) is 7.71. The van der Waals surface area contributed by atoms with E-state index in [0.29, 0.717) is 5.11 Å². The summed E-state index contributed by atoms with van der Waals surface area (Å²) in [6, 6.07) is 0. The first-order chi connectivity index (χ1) is 8.08. The lowest BCUT2D eigenvalue weighted by molar-refractivity contribution is 0.401. The fourth-order valence-corrected chi connectivity index (χ4v) is 3.05. The van der Waals surface area contributed by atoms with Gasteiger partial charge in [-0.15, -0.1) is 11.3 Å². The minimum atomic E-state index is 0.368. The maximum atomic E-state index is 5.33. The average Bonchev–Trinajstić information content (AvgIpc) is 2.63. The number of aromatic nitrogens is 1. The molecule has 0 bridgehead atoms. The second-order valence-electron chi connectivity index (χ2n) is 3.81. The molecule has 3 N–H and O–H groups in total. The van der Waals surface area contributed by atoms with Crippen molar-refractivity contribution >= 4 is 40.4 Å². The highest BCUT2D eigenvalue weighted by Crippen LogP contribution is 2.16. The lowest BCUT2D eigenvalue weighted by atomic mass is 10.5. The van der Waals surface area contributed by atoms with E-state index in [-0.39, 0.29) is 0 Å². The normalized spacial score (nSPS) is 10.8. The molecular weight excluding hydrogens is 272 g/mol. The van der Waals surface area contributed by atoms with E-state index in [0.717, 1.165) is 30.3 Å². The zero-order chi connectivity index (χ0) is 12.7. The maximum Gasteiger partial charge on any atom is 0.163 e. The molecule has 0 aliphatic heterocycles. The smallest absolute Gasteiger partial charge is 0.163 e. The van der Waals surface area contributed by atoms with Crippen LogP contribution in [0.15, 0.2) is 5.38 Å². The molecule has 0 radical (unpaired) electrons. The van der Waals surface area contributed by atoms with E-state index in [1.165, 1.54) is 5.01 Å². The molecule has 0 aromatic carbocycles. The van der Waals surface area contributed by atoms with Crippen molar-refractivity contribution in [3.63, 3.8) is 0 Å². The molecule has 0 saturated heterocycles. The molecule has 0 amide bonds. The second-order valence-corrected chi connectivity index (χ2v) is 6.30. The Morgan fingerprint density at radius 2 is 2.41 bits per heavy atom. The zero-order valence-corrected chi connectivity index (χ0v) is 12.6. The van der Waals surface area contributed by atoms with Gasteiger partial charge in [-0.2, -0.15) is 11.8 Å². The van der Waals surface area contributed by atoms with E-state index < -0.39 is 0 Å². The fraction of sp³-hybridized carbons (Fsp3) is 0.600. The van der Waals surface area contributed by atoms with Crippen molar-refractivity contribution in [1.29, 1.82) is 0 Å². The number of thiocarbonyl (C=S) groups is 1. The standard InChI is InChI=1S/C10H18N4S3/c1-14(2)5-9-13-8(7-17-9)6-16-4-3-12-10(11)15/h7H,3-6H2,1-2H3,(H3,11,12,15). The summed E-state index contributed by atoms with van der Waals surface area (Å²) in [6.07, 6.45) is 0. The highest BCUT2D eigenvalue weighted by molar-refractivity contribution is 7.98. The molecule has 1 aromatic heterocycles. The lowest BCUT2D eigenvalue weighted by Gasteiger charge is -2.05. The molecule has 1 rings (SSSR count). The fourth-order valence-electron chi connectivity index (χ4n) is 1.18. The first kappa shape index (κ1) is 14.7. The number of hydrogen-bond donors (Lipinski definition) is 2. The van der Waals surface area contributed by atoms with Crippen molar-refractivity contribution in [2.75, 3.05) is 26.4 Å². The summed E-state index contributed by atoms with van der Waals surface area (Å²) in [7, 11) is 4.11.